The molecule has 1 unspecified atom stereocenters. The third-order valence-electron chi connectivity index (χ3n) is 10.1. The molecule has 0 spiro atoms. The quantitative estimate of drug-likeness (QED) is 0.0930. The fourth-order valence-corrected chi connectivity index (χ4v) is 7.17. The van der Waals surface area contributed by atoms with Gasteiger partial charge in [0, 0.05) is 0 Å². The van der Waals surface area contributed by atoms with Crippen LogP contribution in [0.3, 0.4) is 0 Å². The molecule has 0 aromatic heterocycles. The molecule has 56 heavy (non-hydrogen) atoms. The number of methoxy groups -OCH3 is 2. The van der Waals surface area contributed by atoms with Crippen molar-refractivity contribution in [2.45, 2.75) is 56.1 Å². The summed E-state index contributed by atoms with van der Waals surface area (Å²) in [5, 5.41) is 11.8. The summed E-state index contributed by atoms with van der Waals surface area (Å²) in [5.41, 5.74) is 4.62. The largest absolute Gasteiger partial charge is 0.497 e. The highest BCUT2D eigenvalue weighted by Crippen LogP contribution is 2.41. The molecule has 1 saturated heterocycles. The Kier molecular flexibility index (Phi) is 13.2. The molecule has 8 nitrogen and oxygen atoms in total. The van der Waals surface area contributed by atoms with Crippen molar-refractivity contribution in [2.24, 2.45) is 0 Å². The van der Waals surface area contributed by atoms with Gasteiger partial charge in [-0.3, -0.25) is 0 Å². The highest BCUT2D eigenvalue weighted by Gasteiger charge is 2.49. The fourth-order valence-electron chi connectivity index (χ4n) is 7.17. The summed E-state index contributed by atoms with van der Waals surface area (Å²) in [5.74, 6) is 1.49. The molecule has 0 aliphatic carbocycles. The number of aliphatic hydroxyl groups excluding tert-OH is 1. The van der Waals surface area contributed by atoms with E-state index in [1.807, 2.05) is 133 Å². The van der Waals surface area contributed by atoms with E-state index in [0.717, 1.165) is 44.9 Å². The van der Waals surface area contributed by atoms with E-state index < -0.39 is 36.3 Å². The molecular weight excluding hydrogens is 705 g/mol. The van der Waals surface area contributed by atoms with E-state index in [1.165, 1.54) is 0 Å². The molecule has 6 aromatic carbocycles. The average molecular weight is 753 g/mol. The topological polar surface area (TPSA) is 84.8 Å². The number of ether oxygens (including phenoxy) is 7. The Morgan fingerprint density at radius 1 is 0.464 bits per heavy atom. The van der Waals surface area contributed by atoms with Crippen LogP contribution in [0.15, 0.2) is 170 Å². The van der Waals surface area contributed by atoms with Crippen LogP contribution in [0.2, 0.25) is 0 Å². The number of hydrogen-bond acceptors (Lipinski definition) is 8. The Balaban J connectivity index is 1.25. The molecule has 6 aromatic rings. The van der Waals surface area contributed by atoms with Gasteiger partial charge in [0.15, 0.2) is 6.29 Å². The SMILES string of the molecule is COc1ccc(CO[C@H]2[C@H](OCc3ccccc3)[C@@H](OCc3ccc(OC)cc3)C(O)O[C@@H]2COC(c2ccccc2)(c2ccccc2)c2ccccc2)cc1. The van der Waals surface area contributed by atoms with Gasteiger partial charge >= 0.3 is 0 Å². The lowest BCUT2D eigenvalue weighted by atomic mass is 9.80. The van der Waals surface area contributed by atoms with Crippen LogP contribution >= 0.6 is 0 Å². The van der Waals surface area contributed by atoms with Crippen molar-refractivity contribution in [3.05, 3.63) is 203 Å². The van der Waals surface area contributed by atoms with Gasteiger partial charge in [-0.25, -0.2) is 0 Å². The monoisotopic (exact) mass is 752 g/mol. The van der Waals surface area contributed by atoms with E-state index in [-0.39, 0.29) is 26.4 Å². The molecule has 0 radical (unpaired) electrons. The minimum atomic E-state index is -1.36. The molecule has 1 heterocycles. The zero-order chi connectivity index (χ0) is 38.6. The summed E-state index contributed by atoms with van der Waals surface area (Å²) in [7, 11) is 3.27. The summed E-state index contributed by atoms with van der Waals surface area (Å²) in [6, 6.07) is 55.8. The average Bonchev–Trinajstić information content (AvgIpc) is 3.27. The molecule has 1 aliphatic rings. The lowest BCUT2D eigenvalue weighted by Crippen LogP contribution is -2.61. The van der Waals surface area contributed by atoms with Crippen LogP contribution in [-0.4, -0.2) is 56.6 Å². The molecule has 0 saturated carbocycles. The molecular formula is C48H48O8. The molecule has 288 valence electrons. The maximum atomic E-state index is 11.8. The first kappa shape index (κ1) is 38.9. The second-order valence-corrected chi connectivity index (χ2v) is 13.7. The summed E-state index contributed by atoms with van der Waals surface area (Å²) in [6.45, 7) is 0.742. The van der Waals surface area contributed by atoms with Crippen LogP contribution < -0.4 is 9.47 Å². The second-order valence-electron chi connectivity index (χ2n) is 13.7. The Morgan fingerprint density at radius 3 is 1.27 bits per heavy atom. The lowest BCUT2D eigenvalue weighted by molar-refractivity contribution is -0.319. The first-order valence-corrected chi connectivity index (χ1v) is 18.9. The van der Waals surface area contributed by atoms with Gasteiger partial charge in [0.25, 0.3) is 0 Å². The molecule has 5 atom stereocenters. The first-order valence-electron chi connectivity index (χ1n) is 18.9. The summed E-state index contributed by atoms with van der Waals surface area (Å²) < 4.78 is 44.6. The standard InChI is InChI=1S/C48H48O8/c1-50-41-27-23-36(24-28-41)32-52-44-43(34-55-48(38-17-9-4-10-18-38,39-19-11-5-12-20-39)40-21-13-6-14-22-40)56-47(49)46(45(44)53-31-35-15-7-3-8-16-35)54-33-37-25-29-42(51-2)30-26-37/h3-30,43-47,49H,31-34H2,1-2H3/t43-,44-,45+,46-,47?/m1/s1. The predicted molar refractivity (Wildman–Crippen MR) is 214 cm³/mol. The minimum absolute atomic E-state index is 0.0411. The fraction of sp³-hybridized carbons (Fsp3) is 0.250. The van der Waals surface area contributed by atoms with Crippen molar-refractivity contribution in [2.75, 3.05) is 20.8 Å². The zero-order valence-electron chi connectivity index (χ0n) is 31.7. The third-order valence-corrected chi connectivity index (χ3v) is 10.1. The van der Waals surface area contributed by atoms with Crippen LogP contribution in [0.5, 0.6) is 11.5 Å². The highest BCUT2D eigenvalue weighted by molar-refractivity contribution is 5.47. The zero-order valence-corrected chi connectivity index (χ0v) is 31.7. The van der Waals surface area contributed by atoms with E-state index >= 15 is 0 Å². The molecule has 1 N–H and O–H groups in total. The van der Waals surface area contributed by atoms with Crippen molar-refractivity contribution in [3.8, 4) is 11.5 Å². The highest BCUT2D eigenvalue weighted by atomic mass is 16.7. The second kappa shape index (κ2) is 19.0. The van der Waals surface area contributed by atoms with Gasteiger partial charge in [0.1, 0.15) is 41.5 Å². The van der Waals surface area contributed by atoms with E-state index in [4.69, 9.17) is 33.2 Å². The van der Waals surface area contributed by atoms with Crippen molar-refractivity contribution < 1.29 is 38.3 Å². The Bertz CT molecular complexity index is 1930. The number of benzene rings is 6. The summed E-state index contributed by atoms with van der Waals surface area (Å²) >= 11 is 0. The van der Waals surface area contributed by atoms with E-state index in [2.05, 4.69) is 36.4 Å². The molecule has 1 fully saturated rings. The van der Waals surface area contributed by atoms with Gasteiger partial charge in [-0.15, -0.1) is 0 Å². The van der Waals surface area contributed by atoms with Gasteiger partial charge in [-0.2, -0.15) is 0 Å². The van der Waals surface area contributed by atoms with Crippen LogP contribution in [-0.2, 0) is 49.1 Å². The Labute approximate surface area is 329 Å². The van der Waals surface area contributed by atoms with Gasteiger partial charge in [0.2, 0.25) is 0 Å². The van der Waals surface area contributed by atoms with Gasteiger partial charge in [0.05, 0.1) is 40.6 Å². The Morgan fingerprint density at radius 2 is 0.839 bits per heavy atom. The molecule has 0 amide bonds. The number of aliphatic hydroxyl groups is 1. The van der Waals surface area contributed by atoms with Crippen LogP contribution in [0, 0.1) is 0 Å². The molecule has 0 bridgehead atoms. The van der Waals surface area contributed by atoms with Crippen LogP contribution in [0.4, 0.5) is 0 Å². The van der Waals surface area contributed by atoms with E-state index in [1.54, 1.807) is 14.2 Å². The number of rotatable bonds is 17. The van der Waals surface area contributed by atoms with Crippen molar-refractivity contribution in [1.82, 2.24) is 0 Å². The number of hydrogen-bond donors (Lipinski definition) is 1. The lowest BCUT2D eigenvalue weighted by Gasteiger charge is -2.45. The third kappa shape index (κ3) is 9.20. The summed E-state index contributed by atoms with van der Waals surface area (Å²) in [4.78, 5) is 0. The van der Waals surface area contributed by atoms with E-state index in [0.29, 0.717) is 0 Å². The van der Waals surface area contributed by atoms with Crippen molar-refractivity contribution >= 4 is 0 Å². The molecule has 1 aliphatic heterocycles. The van der Waals surface area contributed by atoms with Crippen LogP contribution in [0.1, 0.15) is 33.4 Å². The molecule has 8 heteroatoms. The summed E-state index contributed by atoms with van der Waals surface area (Å²) in [6.07, 6.45) is -4.53. The first-order chi connectivity index (χ1) is 27.6. The van der Waals surface area contributed by atoms with Crippen LogP contribution in [0.25, 0.3) is 0 Å². The maximum absolute atomic E-state index is 11.8. The predicted octanol–water partition coefficient (Wildman–Crippen LogP) is 8.49. The van der Waals surface area contributed by atoms with E-state index in [9.17, 15) is 5.11 Å². The maximum Gasteiger partial charge on any atom is 0.184 e. The Hall–Kier alpha value is -5.32. The molecule has 7 rings (SSSR count). The van der Waals surface area contributed by atoms with Crippen molar-refractivity contribution in [1.29, 1.82) is 0 Å². The van der Waals surface area contributed by atoms with Gasteiger partial charge in [-0.05, 0) is 57.6 Å². The minimum Gasteiger partial charge on any atom is -0.497 e. The van der Waals surface area contributed by atoms with Crippen molar-refractivity contribution in [3.63, 3.8) is 0 Å². The smallest absolute Gasteiger partial charge is 0.184 e. The van der Waals surface area contributed by atoms with Gasteiger partial charge < -0.3 is 38.3 Å². The van der Waals surface area contributed by atoms with Gasteiger partial charge in [-0.1, -0.05) is 146 Å². The normalized spacial score (nSPS) is 19.7.